The Hall–Kier alpha value is -4.45. The number of carboxylic acid groups (broad SMARTS) is 1. The van der Waals surface area contributed by atoms with Gasteiger partial charge in [-0.15, -0.1) is 0 Å². The predicted molar refractivity (Wildman–Crippen MR) is 175 cm³/mol. The van der Waals surface area contributed by atoms with Gasteiger partial charge in [-0.1, -0.05) is 63.2 Å². The number of nitrogens with zero attached hydrogens (tertiary/aromatic N) is 1. The average Bonchev–Trinajstić information content (AvgIpc) is 3.27. The van der Waals surface area contributed by atoms with Gasteiger partial charge in [0.25, 0.3) is 0 Å². The van der Waals surface area contributed by atoms with Crippen molar-refractivity contribution >= 4 is 29.6 Å². The topological polar surface area (TPSA) is 177 Å². The first-order chi connectivity index (χ1) is 22.3. The number of phenols is 1. The summed E-state index contributed by atoms with van der Waals surface area (Å²) in [5.41, 5.74) is 0.978. The molecule has 1 aliphatic heterocycles. The summed E-state index contributed by atoms with van der Waals surface area (Å²) >= 11 is 0. The molecule has 0 bridgehead atoms. The van der Waals surface area contributed by atoms with Crippen LogP contribution in [0.4, 0.5) is 0 Å². The highest BCUT2D eigenvalue weighted by molar-refractivity contribution is 5.94. The second-order valence-corrected chi connectivity index (χ2v) is 13.3. The van der Waals surface area contributed by atoms with Crippen molar-refractivity contribution < 1.29 is 34.2 Å². The molecule has 47 heavy (non-hydrogen) atoms. The van der Waals surface area contributed by atoms with E-state index in [9.17, 15) is 34.2 Å². The lowest BCUT2D eigenvalue weighted by molar-refractivity contribution is -0.142. The molecule has 2 aromatic rings. The molecular weight excluding hydrogens is 602 g/mol. The second-order valence-electron chi connectivity index (χ2n) is 13.3. The molecule has 12 heteroatoms. The standard InChI is InChI=1S/C35H47N5O7/c1-22(2)17-29(34(46)47)38-32(44)27(18-24-7-5-4-6-8-24)37-30(42)20-36-31(43)21-40-33(45)28(19-25-9-11-26(41)12-10-25)39-35(40)15-13-23(3)14-16-35/h4-12,22-23,27-29,39,41H,13-21H2,1-3H3,(H,36,43)(H,37,42)(H,38,44)(H,46,47)/t23?,27-,28-,29-,35?/m0/s1. The van der Waals surface area contributed by atoms with Crippen molar-refractivity contribution in [3.05, 3.63) is 65.7 Å². The molecule has 1 saturated heterocycles. The number of benzene rings is 2. The third-order valence-electron chi connectivity index (χ3n) is 9.01. The Morgan fingerprint density at radius 1 is 0.936 bits per heavy atom. The highest BCUT2D eigenvalue weighted by Crippen LogP contribution is 2.38. The van der Waals surface area contributed by atoms with Crippen LogP contribution in [0, 0.1) is 11.8 Å². The van der Waals surface area contributed by atoms with Crippen molar-refractivity contribution in [3.63, 3.8) is 0 Å². The van der Waals surface area contributed by atoms with Gasteiger partial charge < -0.3 is 31.1 Å². The summed E-state index contributed by atoms with van der Waals surface area (Å²) in [6.45, 7) is 5.22. The maximum Gasteiger partial charge on any atom is 0.326 e. The van der Waals surface area contributed by atoms with Crippen molar-refractivity contribution in [1.82, 2.24) is 26.2 Å². The second kappa shape index (κ2) is 15.9. The predicted octanol–water partition coefficient (Wildman–Crippen LogP) is 2.10. The van der Waals surface area contributed by atoms with E-state index in [0.29, 0.717) is 25.2 Å². The number of aliphatic carboxylic acids is 1. The zero-order valence-electron chi connectivity index (χ0n) is 27.3. The van der Waals surface area contributed by atoms with E-state index in [1.165, 1.54) is 0 Å². The van der Waals surface area contributed by atoms with Gasteiger partial charge >= 0.3 is 5.97 Å². The van der Waals surface area contributed by atoms with Crippen LogP contribution < -0.4 is 21.3 Å². The van der Waals surface area contributed by atoms with E-state index >= 15 is 0 Å². The van der Waals surface area contributed by atoms with Crippen LogP contribution in [0.15, 0.2) is 54.6 Å². The Morgan fingerprint density at radius 2 is 1.60 bits per heavy atom. The summed E-state index contributed by atoms with van der Waals surface area (Å²) in [4.78, 5) is 66.5. The first kappa shape index (κ1) is 35.4. The molecule has 2 fully saturated rings. The lowest BCUT2D eigenvalue weighted by atomic mass is 9.82. The number of amides is 4. The number of hydrogen-bond donors (Lipinski definition) is 6. The van der Waals surface area contributed by atoms with Crippen LogP contribution >= 0.6 is 0 Å². The fourth-order valence-corrected chi connectivity index (χ4v) is 6.40. The normalized spacial score (nSPS) is 22.1. The maximum absolute atomic E-state index is 13.7. The lowest BCUT2D eigenvalue weighted by Crippen LogP contribution is -2.57. The minimum atomic E-state index is -1.16. The number of phenolic OH excluding ortho intramolecular Hbond substituents is 1. The number of hydrogen-bond acceptors (Lipinski definition) is 7. The fraction of sp³-hybridized carbons (Fsp3) is 0.514. The van der Waals surface area contributed by atoms with Gasteiger partial charge in [0, 0.05) is 6.42 Å². The van der Waals surface area contributed by atoms with E-state index < -0.39 is 54.0 Å². The van der Waals surface area contributed by atoms with Gasteiger partial charge in [-0.25, -0.2) is 4.79 Å². The number of rotatable bonds is 14. The summed E-state index contributed by atoms with van der Waals surface area (Å²) in [5, 5.41) is 30.6. The van der Waals surface area contributed by atoms with Gasteiger partial charge in [0.2, 0.25) is 23.6 Å². The molecule has 1 heterocycles. The smallest absolute Gasteiger partial charge is 0.326 e. The molecule has 0 unspecified atom stereocenters. The van der Waals surface area contributed by atoms with Crippen LogP contribution in [0.5, 0.6) is 5.75 Å². The number of carbonyl (C=O) groups excluding carboxylic acids is 4. The molecule has 12 nitrogen and oxygen atoms in total. The third kappa shape index (κ3) is 9.77. The van der Waals surface area contributed by atoms with Gasteiger partial charge in [-0.05, 0) is 73.6 Å². The molecule has 0 aromatic heterocycles. The number of aromatic hydroxyl groups is 1. The van der Waals surface area contributed by atoms with Crippen LogP contribution in [0.25, 0.3) is 0 Å². The molecule has 1 saturated carbocycles. The van der Waals surface area contributed by atoms with E-state index in [-0.39, 0.29) is 37.0 Å². The monoisotopic (exact) mass is 649 g/mol. The number of carboxylic acids is 1. The van der Waals surface area contributed by atoms with Crippen LogP contribution in [-0.4, -0.2) is 81.6 Å². The Kier molecular flexibility index (Phi) is 12.0. The third-order valence-corrected chi connectivity index (χ3v) is 9.01. The molecule has 1 spiro atoms. The number of carbonyl (C=O) groups is 5. The minimum Gasteiger partial charge on any atom is -0.508 e. The van der Waals surface area contributed by atoms with E-state index in [4.69, 9.17) is 0 Å². The zero-order chi connectivity index (χ0) is 34.1. The Morgan fingerprint density at radius 3 is 2.21 bits per heavy atom. The molecule has 2 aliphatic rings. The van der Waals surface area contributed by atoms with Crippen molar-refractivity contribution in [2.45, 2.75) is 89.5 Å². The largest absolute Gasteiger partial charge is 0.508 e. The summed E-state index contributed by atoms with van der Waals surface area (Å²) < 4.78 is 0. The Bertz CT molecular complexity index is 1410. The van der Waals surface area contributed by atoms with Crippen molar-refractivity contribution in [2.75, 3.05) is 13.1 Å². The molecule has 3 atom stereocenters. The van der Waals surface area contributed by atoms with Crippen molar-refractivity contribution in [3.8, 4) is 5.75 Å². The van der Waals surface area contributed by atoms with Gasteiger partial charge in [-0.2, -0.15) is 0 Å². The summed E-state index contributed by atoms with van der Waals surface area (Å²) in [7, 11) is 0. The molecule has 4 amide bonds. The molecule has 0 radical (unpaired) electrons. The SMILES string of the molecule is CC(C)C[C@H](NC(=O)[C@H](Cc1ccccc1)NC(=O)CNC(=O)CN1C(=O)[C@H](Cc2ccc(O)cc2)NC12CCC(C)CC2)C(=O)O. The molecule has 254 valence electrons. The molecule has 1 aliphatic carbocycles. The quantitative estimate of drug-likeness (QED) is 0.180. The van der Waals surface area contributed by atoms with E-state index in [0.717, 1.165) is 24.0 Å². The van der Waals surface area contributed by atoms with Gasteiger partial charge in [-0.3, -0.25) is 24.5 Å². The fourth-order valence-electron chi connectivity index (χ4n) is 6.40. The van der Waals surface area contributed by atoms with Crippen molar-refractivity contribution in [1.29, 1.82) is 0 Å². The van der Waals surface area contributed by atoms with Crippen LogP contribution in [0.3, 0.4) is 0 Å². The van der Waals surface area contributed by atoms with Gasteiger partial charge in [0.15, 0.2) is 0 Å². The molecule has 6 N–H and O–H groups in total. The first-order valence-corrected chi connectivity index (χ1v) is 16.4. The van der Waals surface area contributed by atoms with Crippen LogP contribution in [-0.2, 0) is 36.8 Å². The minimum absolute atomic E-state index is 0.0192. The molecular formula is C35H47N5O7. The number of nitrogens with one attached hydrogen (secondary N) is 4. The summed E-state index contributed by atoms with van der Waals surface area (Å²) in [5.74, 6) is -2.46. The highest BCUT2D eigenvalue weighted by Gasteiger charge is 2.51. The van der Waals surface area contributed by atoms with Gasteiger partial charge in [0.1, 0.15) is 24.4 Å². The molecule has 4 rings (SSSR count). The zero-order valence-corrected chi connectivity index (χ0v) is 27.3. The average molecular weight is 650 g/mol. The highest BCUT2D eigenvalue weighted by atomic mass is 16.4. The lowest BCUT2D eigenvalue weighted by Gasteiger charge is -2.42. The maximum atomic E-state index is 13.7. The Balaban J connectivity index is 1.39. The first-order valence-electron chi connectivity index (χ1n) is 16.4. The van der Waals surface area contributed by atoms with E-state index in [2.05, 4.69) is 28.2 Å². The summed E-state index contributed by atoms with van der Waals surface area (Å²) in [6.07, 6.45) is 3.95. The summed E-state index contributed by atoms with van der Waals surface area (Å²) in [6, 6.07) is 13.0. The molecule has 2 aromatic carbocycles. The van der Waals surface area contributed by atoms with Crippen LogP contribution in [0.1, 0.15) is 64.0 Å². The van der Waals surface area contributed by atoms with Crippen LogP contribution in [0.2, 0.25) is 0 Å². The van der Waals surface area contributed by atoms with E-state index in [1.54, 1.807) is 53.4 Å². The Labute approximate surface area is 275 Å². The van der Waals surface area contributed by atoms with Gasteiger partial charge in [0.05, 0.1) is 18.2 Å². The van der Waals surface area contributed by atoms with E-state index in [1.807, 2.05) is 19.9 Å². The van der Waals surface area contributed by atoms with Crippen molar-refractivity contribution in [2.24, 2.45) is 11.8 Å².